The van der Waals surface area contributed by atoms with Gasteiger partial charge in [0.1, 0.15) is 5.69 Å². The van der Waals surface area contributed by atoms with Crippen LogP contribution in [0.25, 0.3) is 16.9 Å². The summed E-state index contributed by atoms with van der Waals surface area (Å²) in [7, 11) is 0. The molecule has 4 heteroatoms. The van der Waals surface area contributed by atoms with Crippen molar-refractivity contribution in [1.82, 2.24) is 15.1 Å². The van der Waals surface area contributed by atoms with Crippen LogP contribution in [-0.4, -0.2) is 22.2 Å². The summed E-state index contributed by atoms with van der Waals surface area (Å²) in [4.78, 5) is 12.9. The molecule has 28 heavy (non-hydrogen) atoms. The third-order valence-corrected chi connectivity index (χ3v) is 5.09. The highest BCUT2D eigenvalue weighted by molar-refractivity contribution is 5.94. The van der Waals surface area contributed by atoms with Crippen LogP contribution in [0.2, 0.25) is 0 Å². The topological polar surface area (TPSA) is 46.9 Å². The van der Waals surface area contributed by atoms with Crippen molar-refractivity contribution in [2.45, 2.75) is 47.0 Å². The molecule has 0 saturated heterocycles. The largest absolute Gasteiger partial charge is 0.351 e. The zero-order valence-electron chi connectivity index (χ0n) is 17.2. The Morgan fingerprint density at radius 1 is 0.964 bits per heavy atom. The Morgan fingerprint density at radius 2 is 1.71 bits per heavy atom. The van der Waals surface area contributed by atoms with E-state index in [1.54, 1.807) is 4.68 Å². The van der Waals surface area contributed by atoms with Crippen LogP contribution < -0.4 is 5.32 Å². The highest BCUT2D eigenvalue weighted by Crippen LogP contribution is 2.24. The highest BCUT2D eigenvalue weighted by atomic mass is 16.2. The van der Waals surface area contributed by atoms with E-state index in [2.05, 4.69) is 51.2 Å². The lowest BCUT2D eigenvalue weighted by Crippen LogP contribution is -2.26. The second-order valence-electron chi connectivity index (χ2n) is 7.42. The molecule has 3 aromatic rings. The van der Waals surface area contributed by atoms with Gasteiger partial charge in [-0.25, -0.2) is 4.68 Å². The summed E-state index contributed by atoms with van der Waals surface area (Å²) in [6.07, 6.45) is 3.24. The van der Waals surface area contributed by atoms with E-state index < -0.39 is 0 Å². The first-order valence-corrected chi connectivity index (χ1v) is 10.0. The molecule has 0 saturated carbocycles. The average Bonchev–Trinajstić information content (AvgIpc) is 3.13. The lowest BCUT2D eigenvalue weighted by molar-refractivity contribution is 0.0945. The molecule has 0 fully saturated rings. The Balaban J connectivity index is 1.98. The predicted octanol–water partition coefficient (Wildman–Crippen LogP) is 5.38. The van der Waals surface area contributed by atoms with Crippen LogP contribution in [-0.2, 0) is 0 Å². The molecule has 4 nitrogen and oxygen atoms in total. The lowest BCUT2D eigenvalue weighted by atomic mass is 10.0. The van der Waals surface area contributed by atoms with Gasteiger partial charge in [0.15, 0.2) is 0 Å². The summed E-state index contributed by atoms with van der Waals surface area (Å²) >= 11 is 0. The Bertz CT molecular complexity index is 954. The van der Waals surface area contributed by atoms with E-state index in [4.69, 9.17) is 5.10 Å². The van der Waals surface area contributed by atoms with Crippen LogP contribution in [0.1, 0.15) is 53.4 Å². The fraction of sp³-hybridized carbons (Fsp3) is 0.333. The van der Waals surface area contributed by atoms with Crippen molar-refractivity contribution in [3.05, 3.63) is 70.9 Å². The molecule has 3 rings (SSSR count). The van der Waals surface area contributed by atoms with Gasteiger partial charge in [-0.05, 0) is 62.6 Å². The Hall–Kier alpha value is -2.88. The van der Waals surface area contributed by atoms with E-state index in [0.29, 0.717) is 12.2 Å². The Morgan fingerprint density at radius 3 is 2.39 bits per heavy atom. The first kappa shape index (κ1) is 19.9. The summed E-state index contributed by atoms with van der Waals surface area (Å²) in [6, 6.07) is 16.2. The van der Waals surface area contributed by atoms with E-state index >= 15 is 0 Å². The van der Waals surface area contributed by atoms with Crippen LogP contribution in [0.4, 0.5) is 0 Å². The van der Waals surface area contributed by atoms with Gasteiger partial charge >= 0.3 is 0 Å². The molecular formula is C24H29N3O. The number of aromatic nitrogens is 2. The number of benzene rings is 2. The molecule has 0 spiro atoms. The second-order valence-corrected chi connectivity index (χ2v) is 7.42. The van der Waals surface area contributed by atoms with E-state index in [1.165, 1.54) is 16.7 Å². The molecule has 0 radical (unpaired) electrons. The van der Waals surface area contributed by atoms with E-state index in [0.717, 1.165) is 36.2 Å². The number of unbranched alkanes of at least 4 members (excludes halogenated alkanes) is 2. The van der Waals surface area contributed by atoms with Crippen LogP contribution in [0.15, 0.2) is 48.5 Å². The van der Waals surface area contributed by atoms with Crippen molar-refractivity contribution in [2.24, 2.45) is 0 Å². The Kier molecular flexibility index (Phi) is 6.30. The number of carbonyl (C=O) groups is 1. The summed E-state index contributed by atoms with van der Waals surface area (Å²) < 4.78 is 1.75. The first-order valence-electron chi connectivity index (χ1n) is 10.0. The molecule has 0 bridgehead atoms. The van der Waals surface area contributed by atoms with Gasteiger partial charge in [0.2, 0.25) is 0 Å². The Labute approximate surface area is 167 Å². The fourth-order valence-electron chi connectivity index (χ4n) is 3.13. The van der Waals surface area contributed by atoms with Crippen LogP contribution in [0.5, 0.6) is 0 Å². The monoisotopic (exact) mass is 375 g/mol. The molecule has 0 aliphatic rings. The van der Waals surface area contributed by atoms with E-state index in [9.17, 15) is 4.79 Å². The molecule has 2 aromatic carbocycles. The van der Waals surface area contributed by atoms with Gasteiger partial charge in [0, 0.05) is 12.1 Å². The van der Waals surface area contributed by atoms with Gasteiger partial charge in [-0.3, -0.25) is 4.79 Å². The predicted molar refractivity (Wildman–Crippen MR) is 115 cm³/mol. The molecule has 0 unspecified atom stereocenters. The number of hydrogen-bond acceptors (Lipinski definition) is 2. The third-order valence-electron chi connectivity index (χ3n) is 5.09. The summed E-state index contributed by atoms with van der Waals surface area (Å²) in [5.41, 5.74) is 6.92. The third kappa shape index (κ3) is 4.50. The molecule has 1 amide bonds. The molecule has 0 aliphatic carbocycles. The minimum atomic E-state index is -0.0840. The minimum absolute atomic E-state index is 0.0840. The lowest BCUT2D eigenvalue weighted by Gasteiger charge is -2.08. The summed E-state index contributed by atoms with van der Waals surface area (Å²) in [5, 5.41) is 7.81. The van der Waals surface area contributed by atoms with Crippen molar-refractivity contribution in [3.8, 4) is 16.9 Å². The normalized spacial score (nSPS) is 10.9. The van der Waals surface area contributed by atoms with Gasteiger partial charge in [0.05, 0.1) is 11.4 Å². The maximum absolute atomic E-state index is 12.9. The van der Waals surface area contributed by atoms with Crippen molar-refractivity contribution in [3.63, 3.8) is 0 Å². The smallest absolute Gasteiger partial charge is 0.270 e. The van der Waals surface area contributed by atoms with Crippen molar-refractivity contribution >= 4 is 5.91 Å². The van der Waals surface area contributed by atoms with Crippen molar-refractivity contribution in [1.29, 1.82) is 0 Å². The number of amides is 1. The van der Waals surface area contributed by atoms with Gasteiger partial charge in [0.25, 0.3) is 5.91 Å². The van der Waals surface area contributed by atoms with Gasteiger partial charge in [-0.1, -0.05) is 49.6 Å². The minimum Gasteiger partial charge on any atom is -0.351 e. The van der Waals surface area contributed by atoms with Gasteiger partial charge in [-0.15, -0.1) is 0 Å². The molecule has 1 heterocycles. The quantitative estimate of drug-likeness (QED) is 0.563. The van der Waals surface area contributed by atoms with Gasteiger partial charge in [-0.2, -0.15) is 5.10 Å². The molecule has 146 valence electrons. The van der Waals surface area contributed by atoms with Crippen molar-refractivity contribution in [2.75, 3.05) is 6.54 Å². The fourth-order valence-corrected chi connectivity index (χ4v) is 3.13. The average molecular weight is 376 g/mol. The summed E-state index contributed by atoms with van der Waals surface area (Å²) in [5.74, 6) is -0.0840. The van der Waals surface area contributed by atoms with Crippen LogP contribution in [0, 0.1) is 20.8 Å². The molecule has 1 aromatic heterocycles. The van der Waals surface area contributed by atoms with Crippen LogP contribution in [0.3, 0.4) is 0 Å². The number of hydrogen-bond donors (Lipinski definition) is 1. The first-order chi connectivity index (χ1) is 13.5. The number of aryl methyl sites for hydroxylation is 3. The maximum Gasteiger partial charge on any atom is 0.270 e. The van der Waals surface area contributed by atoms with E-state index in [-0.39, 0.29) is 5.91 Å². The molecular weight excluding hydrogens is 346 g/mol. The van der Waals surface area contributed by atoms with Crippen molar-refractivity contribution < 1.29 is 4.79 Å². The number of carbonyl (C=O) groups excluding carboxylic acids is 1. The second kappa shape index (κ2) is 8.87. The summed E-state index contributed by atoms with van der Waals surface area (Å²) in [6.45, 7) is 9.08. The maximum atomic E-state index is 12.9. The molecule has 1 N–H and O–H groups in total. The number of rotatable bonds is 7. The van der Waals surface area contributed by atoms with Crippen LogP contribution >= 0.6 is 0 Å². The zero-order chi connectivity index (χ0) is 20.1. The number of nitrogens with one attached hydrogen (secondary N) is 1. The zero-order valence-corrected chi connectivity index (χ0v) is 17.2. The molecule has 0 atom stereocenters. The number of nitrogens with zero attached hydrogens (tertiary/aromatic N) is 2. The van der Waals surface area contributed by atoms with Gasteiger partial charge < -0.3 is 5.32 Å². The standard InChI is InChI=1S/C24H29N3O/c1-5-6-7-14-25-24(28)23-16-22(20-11-10-18(3)19(4)15-20)26-27(23)21-12-8-17(2)9-13-21/h8-13,15-16H,5-7,14H2,1-4H3,(H,25,28). The molecule has 0 aliphatic heterocycles. The van der Waals surface area contributed by atoms with E-state index in [1.807, 2.05) is 30.3 Å². The highest BCUT2D eigenvalue weighted by Gasteiger charge is 2.17. The SMILES string of the molecule is CCCCCNC(=O)c1cc(-c2ccc(C)c(C)c2)nn1-c1ccc(C)cc1.